The van der Waals surface area contributed by atoms with E-state index in [9.17, 15) is 19.8 Å². The number of H-pyrrole nitrogens is 1. The van der Waals surface area contributed by atoms with Crippen molar-refractivity contribution in [3.8, 4) is 0 Å². The predicted molar refractivity (Wildman–Crippen MR) is 59.0 cm³/mol. The van der Waals surface area contributed by atoms with E-state index in [1.54, 1.807) is 0 Å². The van der Waals surface area contributed by atoms with E-state index in [4.69, 9.17) is 5.11 Å². The second-order valence-electron chi connectivity index (χ2n) is 3.75. The third-order valence-corrected chi connectivity index (χ3v) is 5.92. The molecule has 0 amide bonds. The molecule has 8 heteroatoms. The average molecular weight is 307 g/mol. The maximum absolute atomic E-state index is 11.5. The van der Waals surface area contributed by atoms with Crippen LogP contribution in [0.15, 0.2) is 21.9 Å². The van der Waals surface area contributed by atoms with E-state index in [1.165, 1.54) is 16.8 Å². The Bertz CT molecular complexity index is 513. The Morgan fingerprint density at radius 2 is 2.06 bits per heavy atom. The molecule has 1 aromatic rings. The summed E-state index contributed by atoms with van der Waals surface area (Å²) in [6.45, 7) is -0.229. The molecule has 0 aliphatic carbocycles. The molecule has 7 nitrogen and oxygen atoms in total. The molecule has 0 spiro atoms. The van der Waals surface area contributed by atoms with E-state index in [1.807, 2.05) is 0 Å². The summed E-state index contributed by atoms with van der Waals surface area (Å²) in [5.41, 5.74) is -1.13. The van der Waals surface area contributed by atoms with Crippen LogP contribution < -0.4 is 11.2 Å². The molecule has 0 unspecified atom stereocenters. The van der Waals surface area contributed by atoms with Crippen molar-refractivity contribution in [1.29, 1.82) is 0 Å². The fourth-order valence-corrected chi connectivity index (χ4v) is 4.64. The van der Waals surface area contributed by atoms with Gasteiger partial charge in [0.05, 0.1) is 0 Å². The van der Waals surface area contributed by atoms with E-state index >= 15 is 0 Å². The van der Waals surface area contributed by atoms with Crippen molar-refractivity contribution in [1.82, 2.24) is 9.55 Å². The Kier molecular flexibility index (Phi) is 3.50. The molecule has 17 heavy (non-hydrogen) atoms. The molecule has 2 heterocycles. The van der Waals surface area contributed by atoms with Gasteiger partial charge in [0.1, 0.15) is 0 Å². The third-order valence-electron chi connectivity index (χ3n) is 2.64. The topological polar surface area (TPSA) is 116 Å². The van der Waals surface area contributed by atoms with Crippen LogP contribution in [0.5, 0.6) is 0 Å². The molecule has 0 radical (unpaired) electrons. The van der Waals surface area contributed by atoms with E-state index in [2.05, 4.69) is 4.98 Å². The number of nitrogens with one attached hydrogen (secondary N) is 1. The summed E-state index contributed by atoms with van der Waals surface area (Å²) in [5, 5.41) is 28.5. The zero-order chi connectivity index (χ0) is 12.6. The van der Waals surface area contributed by atoms with Crippen molar-refractivity contribution in [2.24, 2.45) is 0 Å². The first kappa shape index (κ1) is 12.5. The summed E-state index contributed by atoms with van der Waals surface area (Å²) in [6, 6.07) is 1.18. The first-order valence-electron chi connectivity index (χ1n) is 4.98. The Balaban J connectivity index is 2.35. The molecular weight excluding hydrogens is 295 g/mol. The molecule has 1 fully saturated rings. The summed E-state index contributed by atoms with van der Waals surface area (Å²) in [7, 11) is 0. The van der Waals surface area contributed by atoms with Gasteiger partial charge >= 0.3 is 102 Å². The standard InChI is InChI=1S/C9H12N2O5Se/c12-3-4-6(14)7(15)8(17-4)11-2-1-5(13)10-9(11)16/h1-2,4,6-8,12,14-15H,3H2,(H,10,13,16)/t4-,6-,7-,8-/m1/s1. The van der Waals surface area contributed by atoms with Crippen LogP contribution in [0.1, 0.15) is 4.94 Å². The number of aliphatic hydroxyl groups excluding tert-OH is 3. The van der Waals surface area contributed by atoms with Gasteiger partial charge in [-0.3, -0.25) is 0 Å². The molecule has 1 aliphatic heterocycles. The van der Waals surface area contributed by atoms with Gasteiger partial charge in [-0.15, -0.1) is 0 Å². The molecule has 2 rings (SSSR count). The quantitative estimate of drug-likeness (QED) is 0.442. The van der Waals surface area contributed by atoms with Crippen molar-refractivity contribution in [2.45, 2.75) is 22.0 Å². The molecule has 1 aromatic heterocycles. The van der Waals surface area contributed by atoms with Gasteiger partial charge in [-0.2, -0.15) is 0 Å². The fourth-order valence-electron chi connectivity index (χ4n) is 1.74. The number of aromatic amines is 1. The molecule has 0 aromatic carbocycles. The van der Waals surface area contributed by atoms with Gasteiger partial charge in [-0.1, -0.05) is 0 Å². The summed E-state index contributed by atoms with van der Waals surface area (Å²) in [6.07, 6.45) is -0.844. The van der Waals surface area contributed by atoms with Gasteiger partial charge in [-0.05, 0) is 0 Å². The molecular formula is C9H12N2O5Se. The van der Waals surface area contributed by atoms with Crippen molar-refractivity contribution in [3.63, 3.8) is 0 Å². The van der Waals surface area contributed by atoms with Crippen molar-refractivity contribution in [3.05, 3.63) is 33.1 Å². The van der Waals surface area contributed by atoms with Crippen LogP contribution in [0, 0.1) is 0 Å². The van der Waals surface area contributed by atoms with E-state index in [0.29, 0.717) is 0 Å². The average Bonchev–Trinajstić information content (AvgIpc) is 2.57. The Labute approximate surface area is 102 Å². The number of hydrogen-bond acceptors (Lipinski definition) is 5. The van der Waals surface area contributed by atoms with Crippen LogP contribution in [0.25, 0.3) is 0 Å². The summed E-state index contributed by atoms with van der Waals surface area (Å²) >= 11 is -0.324. The Hall–Kier alpha value is -0.921. The van der Waals surface area contributed by atoms with Crippen molar-refractivity contribution >= 4 is 15.0 Å². The molecule has 4 N–H and O–H groups in total. The van der Waals surface area contributed by atoms with E-state index < -0.39 is 33.2 Å². The van der Waals surface area contributed by atoms with Crippen LogP contribution in [0.3, 0.4) is 0 Å². The number of rotatable bonds is 2. The summed E-state index contributed by atoms with van der Waals surface area (Å²) in [5.74, 6) is 0. The normalized spacial score (nSPS) is 32.9. The first-order valence-corrected chi connectivity index (χ1v) is 6.96. The van der Waals surface area contributed by atoms with Gasteiger partial charge in [0.25, 0.3) is 0 Å². The molecule has 1 aliphatic rings. The molecule has 0 saturated carbocycles. The predicted octanol–water partition coefficient (Wildman–Crippen LogP) is -2.74. The third kappa shape index (κ3) is 2.22. The van der Waals surface area contributed by atoms with E-state index in [-0.39, 0.29) is 21.6 Å². The summed E-state index contributed by atoms with van der Waals surface area (Å²) in [4.78, 5) is 23.6. The van der Waals surface area contributed by atoms with Gasteiger partial charge in [0, 0.05) is 0 Å². The zero-order valence-electron chi connectivity index (χ0n) is 8.68. The minimum atomic E-state index is -1.10. The van der Waals surface area contributed by atoms with Crippen LogP contribution in [-0.2, 0) is 0 Å². The zero-order valence-corrected chi connectivity index (χ0v) is 10.4. The SMILES string of the molecule is O=c1ccn([C@@H]2[Se][C@H](CO)[C@@H](O)[C@H]2O)c(=O)[nH]1. The Morgan fingerprint density at radius 1 is 1.35 bits per heavy atom. The summed E-state index contributed by atoms with van der Waals surface area (Å²) < 4.78 is 1.20. The van der Waals surface area contributed by atoms with Gasteiger partial charge in [0.2, 0.25) is 0 Å². The molecule has 1 saturated heterocycles. The minimum absolute atomic E-state index is 0.229. The molecule has 94 valence electrons. The second kappa shape index (κ2) is 4.75. The monoisotopic (exact) mass is 308 g/mol. The van der Waals surface area contributed by atoms with Gasteiger partial charge in [-0.25, -0.2) is 0 Å². The number of aliphatic hydroxyl groups is 3. The fraction of sp³-hybridized carbons (Fsp3) is 0.556. The van der Waals surface area contributed by atoms with Crippen molar-refractivity contribution < 1.29 is 15.3 Å². The van der Waals surface area contributed by atoms with Crippen LogP contribution in [-0.4, -0.2) is 58.6 Å². The molecule has 4 atom stereocenters. The van der Waals surface area contributed by atoms with E-state index in [0.717, 1.165) is 0 Å². The maximum atomic E-state index is 11.5. The van der Waals surface area contributed by atoms with Crippen LogP contribution >= 0.6 is 0 Å². The van der Waals surface area contributed by atoms with Crippen LogP contribution in [0.2, 0.25) is 4.82 Å². The number of aromatic nitrogens is 2. The second-order valence-corrected chi connectivity index (χ2v) is 6.60. The first-order chi connectivity index (χ1) is 8.04. The molecule has 0 bridgehead atoms. The number of nitrogens with zero attached hydrogens (tertiary/aromatic N) is 1. The number of hydrogen-bond donors (Lipinski definition) is 4. The van der Waals surface area contributed by atoms with Crippen LogP contribution in [0.4, 0.5) is 0 Å². The van der Waals surface area contributed by atoms with Gasteiger partial charge < -0.3 is 0 Å². The Morgan fingerprint density at radius 3 is 2.59 bits per heavy atom. The van der Waals surface area contributed by atoms with Crippen molar-refractivity contribution in [2.75, 3.05) is 6.61 Å². The van der Waals surface area contributed by atoms with Gasteiger partial charge in [0.15, 0.2) is 0 Å².